The summed E-state index contributed by atoms with van der Waals surface area (Å²) >= 11 is 2.95. The second-order valence-corrected chi connectivity index (χ2v) is 8.47. The highest BCUT2D eigenvalue weighted by Gasteiger charge is 2.29. The van der Waals surface area contributed by atoms with E-state index in [1.165, 1.54) is 0 Å². The Morgan fingerprint density at radius 3 is 1.86 bits per heavy atom. The molecular weight excluding hydrogens is 266 g/mol. The summed E-state index contributed by atoms with van der Waals surface area (Å²) in [5, 5.41) is 0. The quantitative estimate of drug-likeness (QED) is 0.807. The van der Waals surface area contributed by atoms with Gasteiger partial charge in [-0.15, -0.1) is 0 Å². The minimum absolute atomic E-state index is 0.0480. The van der Waals surface area contributed by atoms with Crippen molar-refractivity contribution >= 4 is 26.0 Å². The molecule has 3 nitrogen and oxygen atoms in total. The Balaban J connectivity index is 4.51. The van der Waals surface area contributed by atoms with Crippen LogP contribution >= 0.6 is 15.9 Å². The van der Waals surface area contributed by atoms with Gasteiger partial charge in [0.1, 0.15) is 4.66 Å². The van der Waals surface area contributed by atoms with E-state index in [2.05, 4.69) is 41.4 Å². The van der Waals surface area contributed by atoms with Crippen molar-refractivity contribution in [2.24, 2.45) is 5.41 Å². The molecule has 0 aromatic rings. The zero-order valence-corrected chi connectivity index (χ0v) is 11.9. The van der Waals surface area contributed by atoms with Gasteiger partial charge in [-0.25, -0.2) is 13.1 Å². The van der Waals surface area contributed by atoms with E-state index in [1.54, 1.807) is 0 Å². The molecule has 0 rings (SSSR count). The molecule has 0 radical (unpaired) electrons. The summed E-state index contributed by atoms with van der Waals surface area (Å²) in [6.45, 7) is 10.1. The Labute approximate surface area is 95.8 Å². The first kappa shape index (κ1) is 14.4. The van der Waals surface area contributed by atoms with E-state index < -0.39 is 15.6 Å². The fourth-order valence-corrected chi connectivity index (χ4v) is 3.12. The topological polar surface area (TPSA) is 46.2 Å². The highest BCUT2D eigenvalue weighted by Crippen LogP contribution is 2.27. The molecule has 0 bridgehead atoms. The summed E-state index contributed by atoms with van der Waals surface area (Å²) in [6.07, 6.45) is 0.798. The summed E-state index contributed by atoms with van der Waals surface area (Å²) in [7, 11) is -3.18. The third kappa shape index (κ3) is 6.79. The standard InChI is InChI=1S/C9H20BrNO2S/c1-8(2,3)6-9(4,5)11-14(12,13)7-10/h11H,6-7H2,1-5H3. The number of nitrogens with one attached hydrogen (secondary N) is 1. The van der Waals surface area contributed by atoms with Gasteiger partial charge in [0, 0.05) is 5.54 Å². The first-order valence-electron chi connectivity index (χ1n) is 4.55. The monoisotopic (exact) mass is 285 g/mol. The van der Waals surface area contributed by atoms with Gasteiger partial charge in [0.25, 0.3) is 0 Å². The van der Waals surface area contributed by atoms with Gasteiger partial charge in [-0.3, -0.25) is 0 Å². The minimum Gasteiger partial charge on any atom is -0.212 e. The van der Waals surface area contributed by atoms with Crippen LogP contribution in [0.2, 0.25) is 0 Å². The molecular formula is C9H20BrNO2S. The van der Waals surface area contributed by atoms with Gasteiger partial charge in [0.15, 0.2) is 0 Å². The molecule has 0 fully saturated rings. The summed E-state index contributed by atoms with van der Waals surface area (Å²) in [5.74, 6) is 0. The van der Waals surface area contributed by atoms with Crippen LogP contribution in [0, 0.1) is 5.41 Å². The van der Waals surface area contributed by atoms with E-state index in [9.17, 15) is 8.42 Å². The van der Waals surface area contributed by atoms with Crippen LogP contribution in [0.15, 0.2) is 0 Å². The lowest BCUT2D eigenvalue weighted by molar-refractivity contribution is 0.269. The van der Waals surface area contributed by atoms with E-state index in [4.69, 9.17) is 0 Å². The zero-order chi connectivity index (χ0) is 11.6. The number of rotatable bonds is 4. The molecule has 0 aliphatic heterocycles. The van der Waals surface area contributed by atoms with E-state index in [0.29, 0.717) is 0 Å². The maximum absolute atomic E-state index is 11.3. The maximum Gasteiger partial charge on any atom is 0.222 e. The lowest BCUT2D eigenvalue weighted by atomic mass is 9.82. The van der Waals surface area contributed by atoms with Crippen LogP contribution in [-0.2, 0) is 10.0 Å². The van der Waals surface area contributed by atoms with Crippen LogP contribution in [0.3, 0.4) is 0 Å². The van der Waals surface area contributed by atoms with Gasteiger partial charge in [-0.2, -0.15) is 0 Å². The van der Waals surface area contributed by atoms with Gasteiger partial charge >= 0.3 is 0 Å². The Morgan fingerprint density at radius 2 is 1.57 bits per heavy atom. The zero-order valence-electron chi connectivity index (χ0n) is 9.52. The summed E-state index contributed by atoms with van der Waals surface area (Å²) in [4.78, 5) is 0. The molecule has 0 aromatic heterocycles. The third-order valence-electron chi connectivity index (χ3n) is 1.55. The second-order valence-electron chi connectivity index (χ2n) is 5.45. The van der Waals surface area contributed by atoms with Gasteiger partial charge in [-0.05, 0) is 25.7 Å². The van der Waals surface area contributed by atoms with Crippen LogP contribution < -0.4 is 4.72 Å². The molecule has 14 heavy (non-hydrogen) atoms. The Bertz CT molecular complexity index is 278. The Kier molecular flexibility index (Phi) is 4.62. The van der Waals surface area contributed by atoms with Gasteiger partial charge < -0.3 is 0 Å². The third-order valence-corrected chi connectivity index (χ3v) is 4.51. The van der Waals surface area contributed by atoms with Crippen molar-refractivity contribution in [3.05, 3.63) is 0 Å². The second kappa shape index (κ2) is 4.49. The minimum atomic E-state index is -3.18. The smallest absolute Gasteiger partial charge is 0.212 e. The molecule has 0 saturated carbocycles. The molecule has 0 atom stereocenters. The average molecular weight is 286 g/mol. The fraction of sp³-hybridized carbons (Fsp3) is 1.00. The van der Waals surface area contributed by atoms with E-state index in [-0.39, 0.29) is 10.1 Å². The number of hydrogen-bond donors (Lipinski definition) is 1. The number of hydrogen-bond acceptors (Lipinski definition) is 2. The van der Waals surface area contributed by atoms with Crippen molar-refractivity contribution in [3.63, 3.8) is 0 Å². The Hall–Kier alpha value is 0.390. The van der Waals surface area contributed by atoms with Crippen molar-refractivity contribution in [1.82, 2.24) is 4.72 Å². The molecule has 5 heteroatoms. The van der Waals surface area contributed by atoms with Crippen LogP contribution in [0.5, 0.6) is 0 Å². The van der Waals surface area contributed by atoms with Crippen molar-refractivity contribution < 1.29 is 8.42 Å². The molecule has 0 unspecified atom stereocenters. The van der Waals surface area contributed by atoms with Gasteiger partial charge in [0.2, 0.25) is 10.0 Å². The maximum atomic E-state index is 11.3. The van der Waals surface area contributed by atoms with Crippen LogP contribution in [0.4, 0.5) is 0 Å². The number of halogens is 1. The largest absolute Gasteiger partial charge is 0.222 e. The first-order valence-corrected chi connectivity index (χ1v) is 7.32. The molecule has 0 aliphatic rings. The average Bonchev–Trinajstić information content (AvgIpc) is 1.78. The van der Waals surface area contributed by atoms with Crippen molar-refractivity contribution in [1.29, 1.82) is 0 Å². The van der Waals surface area contributed by atoms with Crippen LogP contribution in [0.1, 0.15) is 41.0 Å². The molecule has 0 heterocycles. The fourth-order valence-electron chi connectivity index (χ4n) is 1.81. The molecule has 1 N–H and O–H groups in total. The van der Waals surface area contributed by atoms with E-state index in [1.807, 2.05) is 13.8 Å². The lowest BCUT2D eigenvalue weighted by Gasteiger charge is -2.32. The summed E-state index contributed by atoms with van der Waals surface area (Å²) in [5.41, 5.74) is -0.289. The lowest BCUT2D eigenvalue weighted by Crippen LogP contribution is -2.45. The molecule has 0 spiro atoms. The molecule has 0 amide bonds. The summed E-state index contributed by atoms with van der Waals surface area (Å²) < 4.78 is 25.3. The van der Waals surface area contributed by atoms with E-state index >= 15 is 0 Å². The molecule has 0 aliphatic carbocycles. The number of alkyl halides is 1. The normalized spacial score (nSPS) is 14.4. The highest BCUT2D eigenvalue weighted by molar-refractivity contribution is 9.10. The van der Waals surface area contributed by atoms with Gasteiger partial charge in [-0.1, -0.05) is 36.7 Å². The van der Waals surface area contributed by atoms with Crippen molar-refractivity contribution in [2.45, 2.75) is 46.6 Å². The SMILES string of the molecule is CC(C)(C)CC(C)(C)NS(=O)(=O)CBr. The Morgan fingerprint density at radius 1 is 1.14 bits per heavy atom. The van der Waals surface area contributed by atoms with Gasteiger partial charge in [0.05, 0.1) is 0 Å². The molecule has 86 valence electrons. The molecule has 0 aromatic carbocycles. The predicted molar refractivity (Wildman–Crippen MR) is 64.0 cm³/mol. The predicted octanol–water partition coefficient (Wildman–Crippen LogP) is 2.47. The van der Waals surface area contributed by atoms with Crippen LogP contribution in [0.25, 0.3) is 0 Å². The van der Waals surface area contributed by atoms with Crippen LogP contribution in [-0.4, -0.2) is 18.6 Å². The highest BCUT2D eigenvalue weighted by atomic mass is 79.9. The summed E-state index contributed by atoms with van der Waals surface area (Å²) in [6, 6.07) is 0. The molecule has 0 saturated heterocycles. The van der Waals surface area contributed by atoms with E-state index in [0.717, 1.165) is 6.42 Å². The van der Waals surface area contributed by atoms with Crippen molar-refractivity contribution in [3.8, 4) is 0 Å². The first-order chi connectivity index (χ1) is 5.97. The number of sulfonamides is 1. The van der Waals surface area contributed by atoms with Crippen molar-refractivity contribution in [2.75, 3.05) is 4.66 Å².